The molecule has 0 aliphatic heterocycles. The van der Waals surface area contributed by atoms with E-state index in [0.717, 1.165) is 25.4 Å². The van der Waals surface area contributed by atoms with Crippen molar-refractivity contribution >= 4 is 16.9 Å². The summed E-state index contributed by atoms with van der Waals surface area (Å²) in [5, 5.41) is 0.139. The third-order valence-corrected chi connectivity index (χ3v) is 2.52. The molecule has 0 unspecified atom stereocenters. The number of thioether (sulfide) groups is 1. The first kappa shape index (κ1) is 21.2. The van der Waals surface area contributed by atoms with E-state index in [1.165, 1.54) is 11.8 Å². The highest BCUT2D eigenvalue weighted by atomic mass is 32.2. The fourth-order valence-electron chi connectivity index (χ4n) is 0.877. The van der Waals surface area contributed by atoms with Gasteiger partial charge < -0.3 is 18.9 Å². The molecule has 0 aromatic carbocycles. The van der Waals surface area contributed by atoms with E-state index < -0.39 is 0 Å². The molecular weight excluding hydrogens is 268 g/mol. The van der Waals surface area contributed by atoms with Crippen molar-refractivity contribution in [3.63, 3.8) is 0 Å². The van der Waals surface area contributed by atoms with Gasteiger partial charge in [-0.15, -0.1) is 0 Å². The maximum Gasteiger partial charge on any atom is 0.185 e. The van der Waals surface area contributed by atoms with Gasteiger partial charge in [0.25, 0.3) is 0 Å². The van der Waals surface area contributed by atoms with Gasteiger partial charge in [0, 0.05) is 33.5 Å². The van der Waals surface area contributed by atoms with E-state index in [9.17, 15) is 4.79 Å². The summed E-state index contributed by atoms with van der Waals surface area (Å²) in [6.45, 7) is 7.77. The number of hydrogen-bond donors (Lipinski definition) is 0. The van der Waals surface area contributed by atoms with Crippen LogP contribution in [0.4, 0.5) is 0 Å². The fraction of sp³-hybridized carbons (Fsp3) is 0.923. The molecule has 0 aliphatic rings. The van der Waals surface area contributed by atoms with Crippen LogP contribution in [0.5, 0.6) is 0 Å². The molecule has 0 heterocycles. The zero-order valence-corrected chi connectivity index (χ0v) is 13.4. The number of ether oxygens (including phenoxy) is 4. The maximum atomic E-state index is 10.4. The Balaban J connectivity index is 0. The molecular formula is C13H28O5S. The smallest absolute Gasteiger partial charge is 0.185 e. The molecule has 6 heteroatoms. The van der Waals surface area contributed by atoms with Crippen LogP contribution in [-0.4, -0.2) is 64.7 Å². The van der Waals surface area contributed by atoms with Gasteiger partial charge in [-0.3, -0.25) is 4.79 Å². The van der Waals surface area contributed by atoms with Gasteiger partial charge in [0.2, 0.25) is 0 Å². The van der Waals surface area contributed by atoms with Gasteiger partial charge in [-0.1, -0.05) is 18.7 Å². The van der Waals surface area contributed by atoms with Crippen LogP contribution in [0.15, 0.2) is 0 Å². The number of carbonyl (C=O) groups excluding carboxylic acids is 1. The zero-order valence-electron chi connectivity index (χ0n) is 12.6. The quantitative estimate of drug-likeness (QED) is 0.544. The van der Waals surface area contributed by atoms with Gasteiger partial charge in [-0.25, -0.2) is 0 Å². The first-order chi connectivity index (χ1) is 9.18. The SMILES string of the molecule is CCCOCCOC.COCCOCCSC(C)=O. The van der Waals surface area contributed by atoms with E-state index in [2.05, 4.69) is 6.92 Å². The second kappa shape index (κ2) is 20.2. The summed E-state index contributed by atoms with van der Waals surface area (Å²) in [4.78, 5) is 10.4. The predicted molar refractivity (Wildman–Crippen MR) is 78.8 cm³/mol. The Labute approximate surface area is 121 Å². The molecule has 0 atom stereocenters. The topological polar surface area (TPSA) is 54.0 Å². The molecule has 0 N–H and O–H groups in total. The summed E-state index contributed by atoms with van der Waals surface area (Å²) in [6.07, 6.45) is 1.09. The second-order valence-electron chi connectivity index (χ2n) is 3.55. The summed E-state index contributed by atoms with van der Waals surface area (Å²) in [5.74, 6) is 0.735. The van der Waals surface area contributed by atoms with Gasteiger partial charge >= 0.3 is 0 Å². The lowest BCUT2D eigenvalue weighted by molar-refractivity contribution is -0.109. The highest BCUT2D eigenvalue weighted by Gasteiger charge is 1.93. The van der Waals surface area contributed by atoms with Gasteiger partial charge in [0.1, 0.15) is 0 Å². The van der Waals surface area contributed by atoms with Crippen molar-refractivity contribution in [3.8, 4) is 0 Å². The Hall–Kier alpha value is -0.140. The number of methoxy groups -OCH3 is 2. The summed E-state index contributed by atoms with van der Waals surface area (Å²) < 4.78 is 19.8. The summed E-state index contributed by atoms with van der Waals surface area (Å²) in [5.41, 5.74) is 0. The van der Waals surface area contributed by atoms with Crippen LogP contribution in [0.1, 0.15) is 20.3 Å². The standard InChI is InChI=1S/C7H14O3S.C6H14O2/c1-7(8)11-6-5-10-4-3-9-2;1-3-4-8-6-5-7-2/h3-6H2,1-2H3;3-6H2,1-2H3. The minimum atomic E-state index is 0.139. The number of carbonyl (C=O) groups is 1. The Morgan fingerprint density at radius 2 is 1.42 bits per heavy atom. The Bertz CT molecular complexity index is 172. The molecule has 0 saturated heterocycles. The molecule has 0 rings (SSSR count). The molecule has 0 radical (unpaired) electrons. The summed E-state index contributed by atoms with van der Waals surface area (Å²) >= 11 is 1.28. The summed E-state index contributed by atoms with van der Waals surface area (Å²) in [6, 6.07) is 0. The normalized spacial score (nSPS) is 9.89. The lowest BCUT2D eigenvalue weighted by atomic mass is 10.5. The van der Waals surface area contributed by atoms with Crippen LogP contribution in [0.3, 0.4) is 0 Å². The minimum absolute atomic E-state index is 0.139. The third-order valence-electron chi connectivity index (χ3n) is 1.75. The van der Waals surface area contributed by atoms with Crippen LogP contribution >= 0.6 is 11.8 Å². The van der Waals surface area contributed by atoms with Crippen molar-refractivity contribution in [2.24, 2.45) is 0 Å². The van der Waals surface area contributed by atoms with Crippen LogP contribution < -0.4 is 0 Å². The molecule has 0 fully saturated rings. The van der Waals surface area contributed by atoms with Crippen LogP contribution in [-0.2, 0) is 23.7 Å². The molecule has 0 aliphatic carbocycles. The van der Waals surface area contributed by atoms with Crippen molar-refractivity contribution in [2.45, 2.75) is 20.3 Å². The van der Waals surface area contributed by atoms with E-state index >= 15 is 0 Å². The van der Waals surface area contributed by atoms with Crippen molar-refractivity contribution in [3.05, 3.63) is 0 Å². The van der Waals surface area contributed by atoms with Gasteiger partial charge in [-0.05, 0) is 6.42 Å². The molecule has 19 heavy (non-hydrogen) atoms. The van der Waals surface area contributed by atoms with E-state index in [1.54, 1.807) is 21.1 Å². The monoisotopic (exact) mass is 296 g/mol. The van der Waals surface area contributed by atoms with E-state index in [0.29, 0.717) is 26.4 Å². The van der Waals surface area contributed by atoms with Crippen LogP contribution in [0.25, 0.3) is 0 Å². The van der Waals surface area contributed by atoms with Crippen molar-refractivity contribution < 1.29 is 23.7 Å². The Morgan fingerprint density at radius 3 is 1.84 bits per heavy atom. The van der Waals surface area contributed by atoms with Gasteiger partial charge in [-0.2, -0.15) is 0 Å². The van der Waals surface area contributed by atoms with Crippen molar-refractivity contribution in [1.29, 1.82) is 0 Å². The molecule has 0 bridgehead atoms. The minimum Gasteiger partial charge on any atom is -0.382 e. The molecule has 0 saturated carbocycles. The first-order valence-corrected chi connectivity index (χ1v) is 7.44. The Morgan fingerprint density at radius 1 is 0.895 bits per heavy atom. The second-order valence-corrected chi connectivity index (χ2v) is 4.82. The highest BCUT2D eigenvalue weighted by molar-refractivity contribution is 8.13. The third kappa shape index (κ3) is 27.2. The molecule has 0 spiro atoms. The summed E-state index contributed by atoms with van der Waals surface area (Å²) in [7, 11) is 3.31. The highest BCUT2D eigenvalue weighted by Crippen LogP contribution is 1.99. The fourth-order valence-corrected chi connectivity index (χ4v) is 1.37. The average molecular weight is 296 g/mol. The Kier molecular flexibility index (Phi) is 22.5. The molecule has 0 aromatic heterocycles. The molecule has 0 amide bonds. The molecule has 5 nitrogen and oxygen atoms in total. The first-order valence-electron chi connectivity index (χ1n) is 6.45. The van der Waals surface area contributed by atoms with Crippen molar-refractivity contribution in [2.75, 3.05) is 59.6 Å². The molecule has 0 aromatic rings. The number of hydrogen-bond acceptors (Lipinski definition) is 6. The van der Waals surface area contributed by atoms with Gasteiger partial charge in [0.05, 0.1) is 33.0 Å². The lowest BCUT2D eigenvalue weighted by Gasteiger charge is -2.00. The van der Waals surface area contributed by atoms with Crippen molar-refractivity contribution in [1.82, 2.24) is 0 Å². The van der Waals surface area contributed by atoms with Crippen LogP contribution in [0.2, 0.25) is 0 Å². The predicted octanol–water partition coefficient (Wildman–Crippen LogP) is 1.99. The molecule has 116 valence electrons. The van der Waals surface area contributed by atoms with E-state index in [4.69, 9.17) is 18.9 Å². The zero-order chi connectivity index (χ0) is 14.8. The van der Waals surface area contributed by atoms with Gasteiger partial charge in [0.15, 0.2) is 5.12 Å². The average Bonchev–Trinajstić information content (AvgIpc) is 2.39. The maximum absolute atomic E-state index is 10.4. The van der Waals surface area contributed by atoms with E-state index in [-0.39, 0.29) is 5.12 Å². The van der Waals surface area contributed by atoms with Crippen LogP contribution in [0, 0.1) is 0 Å². The number of rotatable bonds is 11. The largest absolute Gasteiger partial charge is 0.382 e. The lowest BCUT2D eigenvalue weighted by Crippen LogP contribution is -2.05. The van der Waals surface area contributed by atoms with E-state index in [1.807, 2.05) is 0 Å².